The third-order valence-electron chi connectivity index (χ3n) is 2.61. The van der Waals surface area contributed by atoms with E-state index in [-0.39, 0.29) is 28.6 Å². The van der Waals surface area contributed by atoms with Gasteiger partial charge in [-0.25, -0.2) is 0 Å². The van der Waals surface area contributed by atoms with Crippen LogP contribution in [0, 0.1) is 16.0 Å². The fourth-order valence-corrected chi connectivity index (χ4v) is 1.48. The first-order valence-electron chi connectivity index (χ1n) is 5.33. The zero-order valence-electron chi connectivity index (χ0n) is 10.0. The maximum absolute atomic E-state index is 11.7. The highest BCUT2D eigenvalue weighted by Gasteiger charge is 2.18. The second kappa shape index (κ2) is 5.79. The fraction of sp³-hybridized carbons (Fsp3) is 0.364. The third kappa shape index (κ3) is 3.41. The zero-order chi connectivity index (χ0) is 13.9. The van der Waals surface area contributed by atoms with Crippen molar-refractivity contribution in [3.8, 4) is 0 Å². The molecule has 0 spiro atoms. The Hall–Kier alpha value is -1.66. The molecule has 1 aromatic carbocycles. The van der Waals surface area contributed by atoms with Crippen LogP contribution >= 0.6 is 11.6 Å². The summed E-state index contributed by atoms with van der Waals surface area (Å²) in [4.78, 5) is 21.7. The Morgan fingerprint density at radius 1 is 1.50 bits per heavy atom. The van der Waals surface area contributed by atoms with Crippen LogP contribution in [0.5, 0.6) is 0 Å². The number of hydrogen-bond donors (Lipinski definition) is 2. The predicted octanol–water partition coefficient (Wildman–Crippen LogP) is 2.17. The first kappa shape index (κ1) is 14.4. The van der Waals surface area contributed by atoms with Crippen LogP contribution in [-0.2, 0) is 4.79 Å². The van der Waals surface area contributed by atoms with E-state index in [9.17, 15) is 14.9 Å². The monoisotopic (exact) mass is 271 g/mol. The lowest BCUT2D eigenvalue weighted by atomic mass is 10.0. The highest BCUT2D eigenvalue weighted by atomic mass is 35.5. The number of anilines is 1. The number of nitrogens with one attached hydrogen (secondary N) is 1. The summed E-state index contributed by atoms with van der Waals surface area (Å²) in [6.45, 7) is 3.43. The van der Waals surface area contributed by atoms with Gasteiger partial charge in [-0.3, -0.25) is 14.9 Å². The molecule has 0 aromatic heterocycles. The molecular weight excluding hydrogens is 258 g/mol. The van der Waals surface area contributed by atoms with Gasteiger partial charge in [-0.2, -0.15) is 0 Å². The number of carbonyl (C=O) groups is 1. The van der Waals surface area contributed by atoms with E-state index in [0.29, 0.717) is 5.69 Å². The van der Waals surface area contributed by atoms with E-state index in [4.69, 9.17) is 17.3 Å². The molecule has 1 aromatic rings. The highest BCUT2D eigenvalue weighted by Crippen LogP contribution is 2.27. The molecule has 2 unspecified atom stereocenters. The normalized spacial score (nSPS) is 13.8. The van der Waals surface area contributed by atoms with E-state index >= 15 is 0 Å². The Bertz CT molecular complexity index is 477. The van der Waals surface area contributed by atoms with Crippen LogP contribution in [0.3, 0.4) is 0 Å². The number of hydrogen-bond acceptors (Lipinski definition) is 4. The standard InChI is InChI=1S/C11H14ClN3O3/c1-6(7(2)13)11(16)14-8-3-4-10(15(17)18)9(12)5-8/h3-7H,13H2,1-2H3,(H,14,16). The van der Waals surface area contributed by atoms with E-state index in [1.807, 2.05) is 0 Å². The van der Waals surface area contributed by atoms with Crippen molar-refractivity contribution in [1.82, 2.24) is 0 Å². The Kier molecular flexibility index (Phi) is 4.63. The molecule has 0 saturated carbocycles. The van der Waals surface area contributed by atoms with E-state index in [1.54, 1.807) is 13.8 Å². The average molecular weight is 272 g/mol. The van der Waals surface area contributed by atoms with Crippen molar-refractivity contribution >= 4 is 28.9 Å². The SMILES string of the molecule is CC(N)C(C)C(=O)Nc1ccc([N+](=O)[O-])c(Cl)c1. The van der Waals surface area contributed by atoms with Gasteiger partial charge in [0.05, 0.1) is 10.8 Å². The number of nitro benzene ring substituents is 1. The minimum Gasteiger partial charge on any atom is -0.327 e. The first-order chi connectivity index (χ1) is 8.32. The molecule has 1 amide bonds. The van der Waals surface area contributed by atoms with Crippen molar-refractivity contribution in [1.29, 1.82) is 0 Å². The van der Waals surface area contributed by atoms with E-state index in [0.717, 1.165) is 0 Å². The molecular formula is C11H14ClN3O3. The molecule has 0 saturated heterocycles. The topological polar surface area (TPSA) is 98.3 Å². The van der Waals surface area contributed by atoms with Gasteiger partial charge in [0.25, 0.3) is 5.69 Å². The number of halogens is 1. The van der Waals surface area contributed by atoms with Gasteiger partial charge in [0.1, 0.15) is 5.02 Å². The van der Waals surface area contributed by atoms with Gasteiger partial charge in [-0.1, -0.05) is 18.5 Å². The molecule has 0 bridgehead atoms. The number of carbonyl (C=O) groups excluding carboxylic acids is 1. The minimum atomic E-state index is -0.585. The third-order valence-corrected chi connectivity index (χ3v) is 2.92. The molecule has 0 radical (unpaired) electrons. The summed E-state index contributed by atoms with van der Waals surface area (Å²) < 4.78 is 0. The van der Waals surface area contributed by atoms with Crippen LogP contribution < -0.4 is 11.1 Å². The summed E-state index contributed by atoms with van der Waals surface area (Å²) in [5.74, 6) is -0.617. The van der Waals surface area contributed by atoms with Crippen molar-refractivity contribution in [3.05, 3.63) is 33.3 Å². The van der Waals surface area contributed by atoms with Gasteiger partial charge in [0.2, 0.25) is 5.91 Å². The largest absolute Gasteiger partial charge is 0.327 e. The van der Waals surface area contributed by atoms with E-state index < -0.39 is 4.92 Å². The van der Waals surface area contributed by atoms with Crippen molar-refractivity contribution in [2.45, 2.75) is 19.9 Å². The molecule has 1 rings (SSSR count). The lowest BCUT2D eigenvalue weighted by molar-refractivity contribution is -0.384. The Labute approximate surface area is 109 Å². The van der Waals surface area contributed by atoms with Crippen molar-refractivity contribution in [2.75, 3.05) is 5.32 Å². The number of nitro groups is 1. The summed E-state index contributed by atoms with van der Waals surface area (Å²) >= 11 is 5.73. The van der Waals surface area contributed by atoms with Crippen LogP contribution in [0.2, 0.25) is 5.02 Å². The van der Waals surface area contributed by atoms with E-state index in [2.05, 4.69) is 5.32 Å². The molecule has 0 aliphatic heterocycles. The Balaban J connectivity index is 2.84. The molecule has 98 valence electrons. The zero-order valence-corrected chi connectivity index (χ0v) is 10.8. The molecule has 0 aliphatic carbocycles. The molecule has 6 nitrogen and oxygen atoms in total. The quantitative estimate of drug-likeness (QED) is 0.647. The maximum atomic E-state index is 11.7. The van der Waals surface area contributed by atoms with Gasteiger partial charge in [0.15, 0.2) is 0 Å². The summed E-state index contributed by atoms with van der Waals surface area (Å²) in [7, 11) is 0. The second-order valence-corrected chi connectivity index (χ2v) is 4.47. The van der Waals surface area contributed by atoms with Crippen LogP contribution in [0.25, 0.3) is 0 Å². The van der Waals surface area contributed by atoms with Gasteiger partial charge < -0.3 is 11.1 Å². The molecule has 18 heavy (non-hydrogen) atoms. The molecule has 7 heteroatoms. The number of nitrogens with zero attached hydrogens (tertiary/aromatic N) is 1. The summed E-state index contributed by atoms with van der Waals surface area (Å²) in [5, 5.41) is 13.2. The summed E-state index contributed by atoms with van der Waals surface area (Å²) in [6, 6.07) is 3.73. The maximum Gasteiger partial charge on any atom is 0.288 e. The molecule has 2 atom stereocenters. The summed E-state index contributed by atoms with van der Waals surface area (Å²) in [6.07, 6.45) is 0. The number of amides is 1. The van der Waals surface area contributed by atoms with Gasteiger partial charge >= 0.3 is 0 Å². The van der Waals surface area contributed by atoms with Crippen molar-refractivity contribution in [2.24, 2.45) is 11.7 Å². The fourth-order valence-electron chi connectivity index (χ4n) is 1.23. The second-order valence-electron chi connectivity index (χ2n) is 4.06. The lowest BCUT2D eigenvalue weighted by Gasteiger charge is -2.15. The predicted molar refractivity (Wildman–Crippen MR) is 69.5 cm³/mol. The van der Waals surface area contributed by atoms with Crippen LogP contribution in [0.4, 0.5) is 11.4 Å². The average Bonchev–Trinajstić information content (AvgIpc) is 2.27. The van der Waals surface area contributed by atoms with Gasteiger partial charge in [0, 0.05) is 17.8 Å². The Morgan fingerprint density at radius 2 is 2.11 bits per heavy atom. The van der Waals surface area contributed by atoms with Crippen LogP contribution in [0.1, 0.15) is 13.8 Å². The molecule has 3 N–H and O–H groups in total. The smallest absolute Gasteiger partial charge is 0.288 e. The molecule has 0 fully saturated rings. The highest BCUT2D eigenvalue weighted by molar-refractivity contribution is 6.33. The van der Waals surface area contributed by atoms with Crippen LogP contribution in [-0.4, -0.2) is 16.9 Å². The van der Waals surface area contributed by atoms with Crippen LogP contribution in [0.15, 0.2) is 18.2 Å². The number of rotatable bonds is 4. The first-order valence-corrected chi connectivity index (χ1v) is 5.71. The molecule has 0 aliphatic rings. The number of benzene rings is 1. The molecule has 0 heterocycles. The minimum absolute atomic E-state index is 0.0220. The van der Waals surface area contributed by atoms with E-state index in [1.165, 1.54) is 18.2 Å². The number of nitrogens with two attached hydrogens (primary N) is 1. The van der Waals surface area contributed by atoms with Gasteiger partial charge in [-0.15, -0.1) is 0 Å². The van der Waals surface area contributed by atoms with Crippen molar-refractivity contribution < 1.29 is 9.72 Å². The lowest BCUT2D eigenvalue weighted by Crippen LogP contribution is -2.34. The summed E-state index contributed by atoms with van der Waals surface area (Å²) in [5.41, 5.74) is 5.81. The van der Waals surface area contributed by atoms with Gasteiger partial charge in [-0.05, 0) is 19.1 Å². The Morgan fingerprint density at radius 3 is 2.56 bits per heavy atom. The van der Waals surface area contributed by atoms with Crippen molar-refractivity contribution in [3.63, 3.8) is 0 Å².